The van der Waals surface area contributed by atoms with E-state index >= 15 is 0 Å². The molecule has 0 heterocycles. The minimum atomic E-state index is -4.15. The molecule has 2 amide bonds. The lowest BCUT2D eigenvalue weighted by atomic mass is 9.94. The smallest absolute Gasteiger partial charge is 0.264 e. The Morgan fingerprint density at radius 2 is 1.32 bits per heavy atom. The van der Waals surface area contributed by atoms with Gasteiger partial charge in [-0.2, -0.15) is 0 Å². The van der Waals surface area contributed by atoms with Crippen molar-refractivity contribution in [2.45, 2.75) is 82.8 Å². The van der Waals surface area contributed by atoms with Crippen LogP contribution >= 0.6 is 0 Å². The van der Waals surface area contributed by atoms with E-state index in [0.29, 0.717) is 12.1 Å². The summed E-state index contributed by atoms with van der Waals surface area (Å²) >= 11 is 0. The largest absolute Gasteiger partial charge is 0.352 e. The molecule has 4 aromatic rings. The Kier molecular flexibility index (Phi) is 11.1. The fourth-order valence-corrected chi connectivity index (χ4v) is 7.74. The molecule has 0 aliphatic heterocycles. The zero-order chi connectivity index (χ0) is 33.4. The molecule has 47 heavy (non-hydrogen) atoms. The van der Waals surface area contributed by atoms with E-state index in [9.17, 15) is 18.0 Å². The van der Waals surface area contributed by atoms with Crippen molar-refractivity contribution < 1.29 is 18.0 Å². The number of nitrogens with zero attached hydrogens (tertiary/aromatic N) is 2. The molecule has 4 aromatic carbocycles. The van der Waals surface area contributed by atoms with E-state index < -0.39 is 28.5 Å². The molecule has 1 fully saturated rings. The van der Waals surface area contributed by atoms with E-state index in [1.807, 2.05) is 87.5 Å². The summed E-state index contributed by atoms with van der Waals surface area (Å²) in [6.07, 6.45) is 5.39. The lowest BCUT2D eigenvalue weighted by Crippen LogP contribution is -2.55. The van der Waals surface area contributed by atoms with Crippen LogP contribution in [0.5, 0.6) is 0 Å². The third-order valence-electron chi connectivity index (χ3n) is 8.80. The maximum Gasteiger partial charge on any atom is 0.264 e. The second-order valence-corrected chi connectivity index (χ2v) is 14.6. The molecule has 0 radical (unpaired) electrons. The average Bonchev–Trinajstić information content (AvgIpc) is 3.06. The molecule has 1 N–H and O–H groups in total. The highest BCUT2D eigenvalue weighted by atomic mass is 32.2. The van der Waals surface area contributed by atoms with Crippen LogP contribution in [0.2, 0.25) is 0 Å². The van der Waals surface area contributed by atoms with Crippen LogP contribution in [0.1, 0.15) is 59.9 Å². The Morgan fingerprint density at radius 3 is 1.91 bits per heavy atom. The van der Waals surface area contributed by atoms with E-state index in [1.54, 1.807) is 41.3 Å². The normalized spacial score (nSPS) is 14.3. The molecule has 5 rings (SSSR count). The van der Waals surface area contributed by atoms with Crippen molar-refractivity contribution in [3.8, 4) is 0 Å². The predicted molar refractivity (Wildman–Crippen MR) is 188 cm³/mol. The number of hydrogen-bond acceptors (Lipinski definition) is 4. The lowest BCUT2D eigenvalue weighted by molar-refractivity contribution is -0.140. The summed E-state index contributed by atoms with van der Waals surface area (Å²) in [6.45, 7) is 5.40. The number of carbonyl (C=O) groups excluding carboxylic acids is 2. The number of anilines is 1. The molecule has 1 aliphatic rings. The molecule has 0 saturated heterocycles. The van der Waals surface area contributed by atoms with Gasteiger partial charge in [-0.15, -0.1) is 0 Å². The van der Waals surface area contributed by atoms with Gasteiger partial charge in [0.2, 0.25) is 11.8 Å². The number of carbonyl (C=O) groups is 2. The van der Waals surface area contributed by atoms with Crippen LogP contribution < -0.4 is 9.62 Å². The van der Waals surface area contributed by atoms with Gasteiger partial charge in [-0.1, -0.05) is 104 Å². The quantitative estimate of drug-likeness (QED) is 0.181. The highest BCUT2D eigenvalue weighted by Gasteiger charge is 2.35. The number of sulfonamides is 1. The van der Waals surface area contributed by atoms with Crippen molar-refractivity contribution in [1.29, 1.82) is 0 Å². The van der Waals surface area contributed by atoms with E-state index in [4.69, 9.17) is 0 Å². The number of rotatable bonds is 12. The highest BCUT2D eigenvalue weighted by Crippen LogP contribution is 2.27. The molecule has 1 aliphatic carbocycles. The SMILES string of the molecule is Cc1ccc(S(=O)(=O)N(CC(=O)N(Cc2ccccc2)[C@H](Cc2ccccc2)C(=O)NC2CCCCC2)c2cc(C)cc(C)c2)cc1. The van der Waals surface area contributed by atoms with Crippen molar-refractivity contribution in [2.75, 3.05) is 10.8 Å². The third-order valence-corrected chi connectivity index (χ3v) is 10.6. The van der Waals surface area contributed by atoms with Gasteiger partial charge in [-0.3, -0.25) is 13.9 Å². The molecule has 7 nitrogen and oxygen atoms in total. The molecule has 1 saturated carbocycles. The van der Waals surface area contributed by atoms with Crippen LogP contribution in [0.25, 0.3) is 0 Å². The Labute approximate surface area is 279 Å². The minimum absolute atomic E-state index is 0.0527. The average molecular weight is 652 g/mol. The second kappa shape index (κ2) is 15.4. The molecular weight excluding hydrogens is 607 g/mol. The summed E-state index contributed by atoms with van der Waals surface area (Å²) in [7, 11) is -4.15. The van der Waals surface area contributed by atoms with E-state index in [-0.39, 0.29) is 23.4 Å². The van der Waals surface area contributed by atoms with Crippen molar-refractivity contribution in [3.63, 3.8) is 0 Å². The summed E-state index contributed by atoms with van der Waals surface area (Å²) in [5.41, 5.74) is 4.87. The minimum Gasteiger partial charge on any atom is -0.352 e. The molecular formula is C39H45N3O4S. The summed E-state index contributed by atoms with van der Waals surface area (Å²) in [6, 6.07) is 30.6. The fourth-order valence-electron chi connectivity index (χ4n) is 6.34. The van der Waals surface area contributed by atoms with Crippen molar-refractivity contribution >= 4 is 27.5 Å². The summed E-state index contributed by atoms with van der Waals surface area (Å²) in [4.78, 5) is 30.6. The first-order valence-corrected chi connectivity index (χ1v) is 17.9. The van der Waals surface area contributed by atoms with Gasteiger partial charge in [-0.05, 0) is 80.1 Å². The summed E-state index contributed by atoms with van der Waals surface area (Å²) in [5.74, 6) is -0.673. The van der Waals surface area contributed by atoms with E-state index in [2.05, 4.69) is 5.32 Å². The van der Waals surface area contributed by atoms with Gasteiger partial charge in [0.1, 0.15) is 12.6 Å². The Bertz CT molecular complexity index is 1730. The second-order valence-electron chi connectivity index (χ2n) is 12.7. The summed E-state index contributed by atoms with van der Waals surface area (Å²) < 4.78 is 29.8. The van der Waals surface area contributed by atoms with E-state index in [1.165, 1.54) is 4.31 Å². The number of aryl methyl sites for hydroxylation is 3. The maximum absolute atomic E-state index is 14.7. The van der Waals surface area contributed by atoms with Gasteiger partial charge in [0, 0.05) is 19.0 Å². The van der Waals surface area contributed by atoms with Crippen LogP contribution in [0.3, 0.4) is 0 Å². The predicted octanol–water partition coefficient (Wildman–Crippen LogP) is 6.90. The van der Waals surface area contributed by atoms with Crippen molar-refractivity contribution in [2.24, 2.45) is 0 Å². The molecule has 1 atom stereocenters. The van der Waals surface area contributed by atoms with Gasteiger partial charge < -0.3 is 10.2 Å². The van der Waals surface area contributed by atoms with Crippen molar-refractivity contribution in [1.82, 2.24) is 10.2 Å². The molecule has 246 valence electrons. The zero-order valence-electron chi connectivity index (χ0n) is 27.6. The number of benzene rings is 4. The Balaban J connectivity index is 1.57. The first-order valence-electron chi connectivity index (χ1n) is 16.5. The molecule has 0 aromatic heterocycles. The van der Waals surface area contributed by atoms with E-state index in [0.717, 1.165) is 59.9 Å². The zero-order valence-corrected chi connectivity index (χ0v) is 28.4. The number of amides is 2. The Morgan fingerprint density at radius 1 is 0.745 bits per heavy atom. The molecule has 8 heteroatoms. The molecule has 0 spiro atoms. The topological polar surface area (TPSA) is 86.8 Å². The number of nitrogens with one attached hydrogen (secondary N) is 1. The summed E-state index contributed by atoms with van der Waals surface area (Å²) in [5, 5.41) is 3.26. The molecule has 0 unspecified atom stereocenters. The monoisotopic (exact) mass is 651 g/mol. The van der Waals surface area contributed by atoms with Gasteiger partial charge in [-0.25, -0.2) is 8.42 Å². The van der Waals surface area contributed by atoms with Gasteiger partial charge in [0.15, 0.2) is 0 Å². The van der Waals surface area contributed by atoms with Crippen molar-refractivity contribution in [3.05, 3.63) is 131 Å². The van der Waals surface area contributed by atoms with Gasteiger partial charge >= 0.3 is 0 Å². The fraction of sp³-hybridized carbons (Fsp3) is 0.333. The van der Waals surface area contributed by atoms with Crippen LogP contribution in [-0.2, 0) is 32.6 Å². The highest BCUT2D eigenvalue weighted by molar-refractivity contribution is 7.92. The van der Waals surface area contributed by atoms with Crippen LogP contribution in [-0.4, -0.2) is 43.8 Å². The standard InChI is InChI=1S/C39H45N3O4S/c1-29-19-21-36(22-20-29)47(45,46)42(35-24-30(2)23-31(3)25-35)28-38(43)41(27-33-15-9-5-10-16-33)37(26-32-13-7-4-8-14-32)39(44)40-34-17-11-6-12-18-34/h4-5,7-10,13-16,19-25,34,37H,6,11-12,17-18,26-28H2,1-3H3,(H,40,44)/t37-/m1/s1. The molecule has 0 bridgehead atoms. The first kappa shape index (κ1) is 33.9. The van der Waals surface area contributed by atoms with Gasteiger partial charge in [0.05, 0.1) is 10.6 Å². The first-order chi connectivity index (χ1) is 22.6. The van der Waals surface area contributed by atoms with Crippen LogP contribution in [0.15, 0.2) is 108 Å². The Hall–Kier alpha value is -4.43. The van der Waals surface area contributed by atoms with Crippen LogP contribution in [0.4, 0.5) is 5.69 Å². The maximum atomic E-state index is 14.7. The third kappa shape index (κ3) is 8.89. The van der Waals surface area contributed by atoms with Gasteiger partial charge in [0.25, 0.3) is 10.0 Å². The lowest BCUT2D eigenvalue weighted by Gasteiger charge is -2.35. The number of hydrogen-bond donors (Lipinski definition) is 1. The van der Waals surface area contributed by atoms with Crippen LogP contribution in [0, 0.1) is 20.8 Å².